The van der Waals surface area contributed by atoms with Crippen molar-refractivity contribution in [3.63, 3.8) is 0 Å². The van der Waals surface area contributed by atoms with Gasteiger partial charge in [-0.25, -0.2) is 0 Å². The molecule has 160 valence electrons. The number of nitrogens with one attached hydrogen (secondary N) is 1. The summed E-state index contributed by atoms with van der Waals surface area (Å²) < 4.78 is 1.77. The molecule has 4 atom stereocenters. The highest BCUT2D eigenvalue weighted by atomic mass is 16.3. The zero-order valence-electron chi connectivity index (χ0n) is 17.3. The number of pyridine rings is 1. The van der Waals surface area contributed by atoms with Crippen molar-refractivity contribution in [3.8, 4) is 0 Å². The highest BCUT2D eigenvalue weighted by Gasteiger charge is 2.56. The predicted octanol–water partition coefficient (Wildman–Crippen LogP) is 1.59. The number of rotatable bonds is 4. The van der Waals surface area contributed by atoms with Gasteiger partial charge in [0.25, 0.3) is 5.56 Å². The first-order chi connectivity index (χ1) is 14.5. The molecule has 4 aliphatic rings. The number of aliphatic hydroxyl groups is 1. The Kier molecular flexibility index (Phi) is 4.81. The molecule has 0 radical (unpaired) electrons. The average molecular weight is 412 g/mol. The van der Waals surface area contributed by atoms with Crippen LogP contribution in [0.1, 0.15) is 62.7 Å². The highest BCUT2D eigenvalue weighted by molar-refractivity contribution is 5.88. The number of aromatic nitrogens is 1. The van der Waals surface area contributed by atoms with E-state index in [1.165, 1.54) is 6.92 Å². The third-order valence-corrected chi connectivity index (χ3v) is 7.55. The zero-order chi connectivity index (χ0) is 21.0. The number of amides is 2. The van der Waals surface area contributed by atoms with E-state index >= 15 is 0 Å². The minimum atomic E-state index is -0.691. The number of likely N-dealkylation sites (tertiary alicyclic amines) is 1. The van der Waals surface area contributed by atoms with Crippen molar-refractivity contribution in [1.82, 2.24) is 14.8 Å². The van der Waals surface area contributed by atoms with Crippen molar-refractivity contribution < 1.29 is 14.7 Å². The summed E-state index contributed by atoms with van der Waals surface area (Å²) in [5, 5.41) is 13.3. The molecular weight excluding hydrogens is 382 g/mol. The fourth-order valence-electron chi connectivity index (χ4n) is 5.85. The molecule has 1 saturated heterocycles. The van der Waals surface area contributed by atoms with Gasteiger partial charge in [0, 0.05) is 49.2 Å². The second kappa shape index (κ2) is 7.38. The van der Waals surface area contributed by atoms with E-state index in [2.05, 4.69) is 11.4 Å². The van der Waals surface area contributed by atoms with Gasteiger partial charge in [0.1, 0.15) is 6.04 Å². The molecule has 30 heavy (non-hydrogen) atoms. The fourth-order valence-corrected chi connectivity index (χ4v) is 5.85. The fraction of sp³-hybridized carbons (Fsp3) is 0.609. The summed E-state index contributed by atoms with van der Waals surface area (Å²) in [7, 11) is 0. The maximum absolute atomic E-state index is 13.2. The molecular formula is C23H29N3O4. The Labute approximate surface area is 175 Å². The van der Waals surface area contributed by atoms with Crippen LogP contribution in [-0.2, 0) is 16.1 Å². The number of aliphatic hydroxyl groups excluding tert-OH is 1. The molecule has 1 aromatic heterocycles. The first-order valence-corrected chi connectivity index (χ1v) is 11.1. The van der Waals surface area contributed by atoms with Gasteiger partial charge in [-0.3, -0.25) is 14.4 Å². The minimum Gasteiger partial charge on any atom is -0.396 e. The number of carbonyl (C=O) groups is 2. The van der Waals surface area contributed by atoms with Crippen LogP contribution in [0.5, 0.6) is 0 Å². The van der Waals surface area contributed by atoms with Gasteiger partial charge in [-0.05, 0) is 56.2 Å². The summed E-state index contributed by atoms with van der Waals surface area (Å²) in [6, 6.07) is 2.95. The normalized spacial score (nSPS) is 29.9. The minimum absolute atomic E-state index is 0.0225. The molecule has 5 rings (SSSR count). The molecule has 1 saturated carbocycles. The molecule has 0 bridgehead atoms. The van der Waals surface area contributed by atoms with Crippen LogP contribution in [0.4, 0.5) is 0 Å². The van der Waals surface area contributed by atoms with Crippen LogP contribution < -0.4 is 10.9 Å². The van der Waals surface area contributed by atoms with E-state index in [9.17, 15) is 19.5 Å². The van der Waals surface area contributed by atoms with Crippen LogP contribution in [0.25, 0.3) is 5.57 Å². The summed E-state index contributed by atoms with van der Waals surface area (Å²) in [5.74, 6) is -0.896. The van der Waals surface area contributed by atoms with E-state index < -0.39 is 6.04 Å². The van der Waals surface area contributed by atoms with E-state index in [1.807, 2.05) is 12.1 Å². The maximum Gasteiger partial charge on any atom is 0.258 e. The highest BCUT2D eigenvalue weighted by Crippen LogP contribution is 2.49. The average Bonchev–Trinajstić information content (AvgIpc) is 3.39. The van der Waals surface area contributed by atoms with Crippen molar-refractivity contribution >= 4 is 17.4 Å². The largest absolute Gasteiger partial charge is 0.396 e. The number of hydrogen-bond acceptors (Lipinski definition) is 4. The first-order valence-electron chi connectivity index (χ1n) is 11.1. The Bertz CT molecular complexity index is 977. The Morgan fingerprint density at radius 3 is 2.63 bits per heavy atom. The van der Waals surface area contributed by atoms with Gasteiger partial charge in [-0.15, -0.1) is 0 Å². The van der Waals surface area contributed by atoms with Crippen molar-refractivity contribution in [2.45, 2.75) is 70.1 Å². The van der Waals surface area contributed by atoms with Gasteiger partial charge >= 0.3 is 0 Å². The van der Waals surface area contributed by atoms with E-state index in [0.717, 1.165) is 55.4 Å². The predicted molar refractivity (Wildman–Crippen MR) is 111 cm³/mol. The van der Waals surface area contributed by atoms with Gasteiger partial charge in [0.2, 0.25) is 11.8 Å². The molecule has 1 aromatic rings. The molecule has 2 aliphatic carbocycles. The van der Waals surface area contributed by atoms with Crippen LogP contribution in [-0.4, -0.2) is 45.1 Å². The standard InChI is InChI=1S/C23H29N3O4/c1-13(28)26-20-17(18(12-27)21(26)22(29)24-15-7-4-8-15)11-25-19(20)10-9-16(23(25)30)14-5-2-3-6-14/h5,9-10,15,17-18,20-21,27H,2-4,6-8,11-12H2,1H3,(H,24,29)/t17-,18-,20+,21-/m1/s1. The molecule has 2 aliphatic heterocycles. The number of nitrogens with zero attached hydrogens (tertiary/aromatic N) is 2. The molecule has 2 amide bonds. The molecule has 3 heterocycles. The Balaban J connectivity index is 1.52. The van der Waals surface area contributed by atoms with Crippen LogP contribution in [0.3, 0.4) is 0 Å². The van der Waals surface area contributed by atoms with Crippen LogP contribution in [0.15, 0.2) is 23.0 Å². The first kappa shape index (κ1) is 19.5. The molecule has 7 heteroatoms. The smallest absolute Gasteiger partial charge is 0.258 e. The summed E-state index contributed by atoms with van der Waals surface area (Å²) in [6.07, 6.45) is 8.17. The van der Waals surface area contributed by atoms with E-state index in [4.69, 9.17) is 0 Å². The topological polar surface area (TPSA) is 91.6 Å². The van der Waals surface area contributed by atoms with E-state index in [-0.39, 0.29) is 47.9 Å². The number of fused-ring (bicyclic) bond motifs is 3. The third-order valence-electron chi connectivity index (χ3n) is 7.55. The number of carbonyl (C=O) groups excluding carboxylic acids is 2. The quantitative estimate of drug-likeness (QED) is 0.787. The van der Waals surface area contributed by atoms with Crippen molar-refractivity contribution in [3.05, 3.63) is 39.8 Å². The van der Waals surface area contributed by atoms with Gasteiger partial charge < -0.3 is 19.9 Å². The van der Waals surface area contributed by atoms with Crippen molar-refractivity contribution in [1.29, 1.82) is 0 Å². The lowest BCUT2D eigenvalue weighted by atomic mass is 9.87. The summed E-state index contributed by atoms with van der Waals surface area (Å²) in [5.41, 5.74) is 2.60. The number of allylic oxidation sites excluding steroid dienone is 2. The third kappa shape index (κ3) is 2.86. The van der Waals surface area contributed by atoms with Crippen molar-refractivity contribution in [2.75, 3.05) is 6.61 Å². The Morgan fingerprint density at radius 1 is 1.23 bits per heavy atom. The van der Waals surface area contributed by atoms with Crippen LogP contribution in [0.2, 0.25) is 0 Å². The van der Waals surface area contributed by atoms with Gasteiger partial charge in [0.05, 0.1) is 6.04 Å². The lowest BCUT2D eigenvalue weighted by molar-refractivity contribution is -0.140. The lowest BCUT2D eigenvalue weighted by Crippen LogP contribution is -2.53. The summed E-state index contributed by atoms with van der Waals surface area (Å²) >= 11 is 0. The molecule has 2 N–H and O–H groups in total. The van der Waals surface area contributed by atoms with Crippen LogP contribution in [0, 0.1) is 11.8 Å². The Hall–Kier alpha value is -2.41. The van der Waals surface area contributed by atoms with Crippen molar-refractivity contribution in [2.24, 2.45) is 11.8 Å². The van der Waals surface area contributed by atoms with Gasteiger partial charge in [0.15, 0.2) is 0 Å². The maximum atomic E-state index is 13.2. The molecule has 7 nitrogen and oxygen atoms in total. The van der Waals surface area contributed by atoms with Gasteiger partial charge in [-0.2, -0.15) is 0 Å². The van der Waals surface area contributed by atoms with E-state index in [1.54, 1.807) is 9.47 Å². The molecule has 0 aromatic carbocycles. The van der Waals surface area contributed by atoms with Gasteiger partial charge in [-0.1, -0.05) is 6.08 Å². The zero-order valence-corrected chi connectivity index (χ0v) is 17.3. The Morgan fingerprint density at radius 2 is 2.03 bits per heavy atom. The monoisotopic (exact) mass is 411 g/mol. The molecule has 2 fully saturated rings. The molecule has 0 spiro atoms. The second-order valence-corrected chi connectivity index (χ2v) is 9.17. The second-order valence-electron chi connectivity index (χ2n) is 9.17. The summed E-state index contributed by atoms with van der Waals surface area (Å²) in [4.78, 5) is 40.6. The SMILES string of the molecule is CC(=O)N1[C@@H]2c3ccc(C4=CCCC4)c(=O)n3C[C@@H]2[C@@H](CO)[C@@H]1C(=O)NC1CCC1. The van der Waals surface area contributed by atoms with E-state index in [0.29, 0.717) is 6.54 Å². The van der Waals surface area contributed by atoms with Crippen LogP contribution >= 0.6 is 0 Å². The number of hydrogen-bond donors (Lipinski definition) is 2. The molecule has 0 unspecified atom stereocenters. The summed E-state index contributed by atoms with van der Waals surface area (Å²) in [6.45, 7) is 1.72. The lowest BCUT2D eigenvalue weighted by Gasteiger charge is -2.33.